The lowest BCUT2D eigenvalue weighted by Gasteiger charge is -2.15. The highest BCUT2D eigenvalue weighted by atomic mass is 35.5. The largest absolute Gasteiger partial charge is 0.355 e. The summed E-state index contributed by atoms with van der Waals surface area (Å²) in [6, 6.07) is 8.40. The van der Waals surface area contributed by atoms with E-state index in [2.05, 4.69) is 15.1 Å². The molecule has 5 heteroatoms. The van der Waals surface area contributed by atoms with E-state index in [1.54, 1.807) is 12.1 Å². The van der Waals surface area contributed by atoms with Gasteiger partial charge in [-0.2, -0.15) is 0 Å². The van der Waals surface area contributed by atoms with Gasteiger partial charge in [0.1, 0.15) is 5.82 Å². The fourth-order valence-corrected chi connectivity index (χ4v) is 2.43. The molecule has 1 aromatic heterocycles. The zero-order valence-electron chi connectivity index (χ0n) is 10.3. The number of rotatable bonds is 2. The summed E-state index contributed by atoms with van der Waals surface area (Å²) in [6.45, 7) is 2.08. The molecule has 0 radical (unpaired) electrons. The first-order chi connectivity index (χ1) is 9.24. The highest BCUT2D eigenvalue weighted by molar-refractivity contribution is 6.31. The second-order valence-corrected chi connectivity index (χ2v) is 5.01. The Balaban J connectivity index is 1.87. The van der Waals surface area contributed by atoms with Crippen LogP contribution in [0.15, 0.2) is 30.3 Å². The third-order valence-electron chi connectivity index (χ3n) is 3.30. The van der Waals surface area contributed by atoms with Crippen molar-refractivity contribution in [3.63, 3.8) is 0 Å². The summed E-state index contributed by atoms with van der Waals surface area (Å²) in [6.07, 6.45) is 2.41. The second kappa shape index (κ2) is 5.13. The maximum absolute atomic E-state index is 13.1. The quantitative estimate of drug-likeness (QED) is 0.841. The predicted octanol–water partition coefficient (Wildman–Crippen LogP) is 3.54. The minimum absolute atomic E-state index is 0.0999. The number of anilines is 1. The van der Waals surface area contributed by atoms with Gasteiger partial charge in [0.05, 0.1) is 10.7 Å². The molecule has 1 aliphatic heterocycles. The van der Waals surface area contributed by atoms with Crippen molar-refractivity contribution in [1.29, 1.82) is 0 Å². The van der Waals surface area contributed by atoms with Crippen LogP contribution < -0.4 is 4.90 Å². The van der Waals surface area contributed by atoms with E-state index in [1.807, 2.05) is 12.1 Å². The lowest BCUT2D eigenvalue weighted by atomic mass is 10.1. The number of halogens is 2. The number of hydrogen-bond acceptors (Lipinski definition) is 3. The molecule has 0 bridgehead atoms. The zero-order chi connectivity index (χ0) is 13.2. The van der Waals surface area contributed by atoms with Crippen LogP contribution in [0.25, 0.3) is 11.3 Å². The Hall–Kier alpha value is -1.68. The van der Waals surface area contributed by atoms with Gasteiger partial charge < -0.3 is 4.90 Å². The lowest BCUT2D eigenvalue weighted by molar-refractivity contribution is 0.628. The van der Waals surface area contributed by atoms with Gasteiger partial charge in [0, 0.05) is 18.7 Å². The maximum Gasteiger partial charge on any atom is 0.151 e. The Morgan fingerprint density at radius 3 is 2.47 bits per heavy atom. The molecule has 3 nitrogen and oxygen atoms in total. The first kappa shape index (κ1) is 12.4. The van der Waals surface area contributed by atoms with Gasteiger partial charge in [-0.1, -0.05) is 11.6 Å². The molecule has 2 heterocycles. The highest BCUT2D eigenvalue weighted by Crippen LogP contribution is 2.24. The van der Waals surface area contributed by atoms with E-state index in [0.717, 1.165) is 24.5 Å². The Morgan fingerprint density at radius 1 is 1.05 bits per heavy atom. The second-order valence-electron chi connectivity index (χ2n) is 4.60. The summed E-state index contributed by atoms with van der Waals surface area (Å²) >= 11 is 5.77. The average molecular weight is 278 g/mol. The van der Waals surface area contributed by atoms with Crippen LogP contribution in [-0.2, 0) is 0 Å². The first-order valence-electron chi connectivity index (χ1n) is 6.28. The molecule has 1 saturated heterocycles. The zero-order valence-corrected chi connectivity index (χ0v) is 11.1. The number of aromatic nitrogens is 2. The molecule has 19 heavy (non-hydrogen) atoms. The molecule has 0 N–H and O–H groups in total. The van der Waals surface area contributed by atoms with Crippen LogP contribution in [0.3, 0.4) is 0 Å². The van der Waals surface area contributed by atoms with Crippen molar-refractivity contribution in [1.82, 2.24) is 10.2 Å². The van der Waals surface area contributed by atoms with Crippen molar-refractivity contribution in [2.45, 2.75) is 12.8 Å². The van der Waals surface area contributed by atoms with E-state index in [0.29, 0.717) is 5.69 Å². The van der Waals surface area contributed by atoms with Crippen molar-refractivity contribution in [2.24, 2.45) is 0 Å². The molecule has 98 valence electrons. The normalized spacial score (nSPS) is 14.9. The molecule has 0 aliphatic carbocycles. The molecule has 0 amide bonds. The lowest BCUT2D eigenvalue weighted by Crippen LogP contribution is -2.19. The summed E-state index contributed by atoms with van der Waals surface area (Å²) in [5.41, 5.74) is 1.47. The highest BCUT2D eigenvalue weighted by Gasteiger charge is 2.14. The van der Waals surface area contributed by atoms with Crippen LogP contribution in [-0.4, -0.2) is 23.3 Å². The molecule has 0 saturated carbocycles. The number of benzene rings is 1. The Labute approximate surface area is 116 Å². The van der Waals surface area contributed by atoms with Crippen molar-refractivity contribution in [3.05, 3.63) is 41.2 Å². The van der Waals surface area contributed by atoms with Crippen molar-refractivity contribution in [3.8, 4) is 11.3 Å². The predicted molar refractivity (Wildman–Crippen MR) is 73.9 cm³/mol. The van der Waals surface area contributed by atoms with Gasteiger partial charge in [-0.25, -0.2) is 4.39 Å². The molecule has 0 atom stereocenters. The van der Waals surface area contributed by atoms with Gasteiger partial charge in [-0.05, 0) is 43.2 Å². The smallest absolute Gasteiger partial charge is 0.151 e. The minimum atomic E-state index is -0.424. The van der Waals surface area contributed by atoms with Gasteiger partial charge in [0.15, 0.2) is 5.82 Å². The Bertz CT molecular complexity index is 580. The third-order valence-corrected chi connectivity index (χ3v) is 3.59. The van der Waals surface area contributed by atoms with E-state index < -0.39 is 5.82 Å². The van der Waals surface area contributed by atoms with Crippen molar-refractivity contribution in [2.75, 3.05) is 18.0 Å². The van der Waals surface area contributed by atoms with E-state index in [-0.39, 0.29) is 5.02 Å². The van der Waals surface area contributed by atoms with E-state index >= 15 is 0 Å². The standard InChI is InChI=1S/C14H13ClFN3/c15-11-9-10(3-4-12(11)16)13-5-6-14(18-17-13)19-7-1-2-8-19/h3-6,9H,1-2,7-8H2. The molecular formula is C14H13ClFN3. The maximum atomic E-state index is 13.1. The fourth-order valence-electron chi connectivity index (χ4n) is 2.25. The average Bonchev–Trinajstić information content (AvgIpc) is 2.96. The van der Waals surface area contributed by atoms with E-state index in [9.17, 15) is 4.39 Å². The van der Waals surface area contributed by atoms with Crippen LogP contribution >= 0.6 is 11.6 Å². The molecule has 0 spiro atoms. The van der Waals surface area contributed by atoms with Crippen LogP contribution in [0, 0.1) is 5.82 Å². The van der Waals surface area contributed by atoms with E-state index in [4.69, 9.17) is 11.6 Å². The van der Waals surface area contributed by atoms with Crippen LogP contribution in [0.4, 0.5) is 10.2 Å². The molecule has 1 aliphatic rings. The SMILES string of the molecule is Fc1ccc(-c2ccc(N3CCCC3)nn2)cc1Cl. The fraction of sp³-hybridized carbons (Fsp3) is 0.286. The summed E-state index contributed by atoms with van der Waals surface area (Å²) < 4.78 is 13.1. The molecular weight excluding hydrogens is 265 g/mol. The molecule has 1 aromatic carbocycles. The third kappa shape index (κ3) is 2.54. The summed E-state index contributed by atoms with van der Waals surface area (Å²) in [5.74, 6) is 0.474. The van der Waals surface area contributed by atoms with Gasteiger partial charge in [0.25, 0.3) is 0 Å². The van der Waals surface area contributed by atoms with Crippen LogP contribution in [0.1, 0.15) is 12.8 Å². The van der Waals surface area contributed by atoms with Gasteiger partial charge in [-0.3, -0.25) is 0 Å². The topological polar surface area (TPSA) is 29.0 Å². The minimum Gasteiger partial charge on any atom is -0.355 e. The summed E-state index contributed by atoms with van der Waals surface area (Å²) in [5, 5.41) is 8.52. The van der Waals surface area contributed by atoms with Crippen molar-refractivity contribution >= 4 is 17.4 Å². The first-order valence-corrected chi connectivity index (χ1v) is 6.66. The van der Waals surface area contributed by atoms with Crippen LogP contribution in [0.2, 0.25) is 5.02 Å². The molecule has 2 aromatic rings. The van der Waals surface area contributed by atoms with Gasteiger partial charge in [-0.15, -0.1) is 10.2 Å². The van der Waals surface area contributed by atoms with Gasteiger partial charge in [0.2, 0.25) is 0 Å². The van der Waals surface area contributed by atoms with E-state index in [1.165, 1.54) is 18.9 Å². The van der Waals surface area contributed by atoms with Crippen LogP contribution in [0.5, 0.6) is 0 Å². The molecule has 3 rings (SSSR count). The Kier molecular flexibility index (Phi) is 3.34. The van der Waals surface area contributed by atoms with Gasteiger partial charge >= 0.3 is 0 Å². The monoisotopic (exact) mass is 277 g/mol. The summed E-state index contributed by atoms with van der Waals surface area (Å²) in [4.78, 5) is 2.22. The molecule has 0 unspecified atom stereocenters. The number of hydrogen-bond donors (Lipinski definition) is 0. The van der Waals surface area contributed by atoms with Crippen molar-refractivity contribution < 1.29 is 4.39 Å². The summed E-state index contributed by atoms with van der Waals surface area (Å²) in [7, 11) is 0. The Morgan fingerprint density at radius 2 is 1.84 bits per heavy atom. The molecule has 1 fully saturated rings. The number of nitrogens with zero attached hydrogens (tertiary/aromatic N) is 3.